The summed E-state index contributed by atoms with van der Waals surface area (Å²) in [7, 11) is 1.93. The molecule has 0 spiro atoms. The van der Waals surface area contributed by atoms with Crippen LogP contribution in [0.2, 0.25) is 0 Å². The Labute approximate surface area is 206 Å². The number of anilines is 1. The summed E-state index contributed by atoms with van der Waals surface area (Å²) in [6.07, 6.45) is 5.67. The fourth-order valence-electron chi connectivity index (χ4n) is 3.40. The van der Waals surface area contributed by atoms with Gasteiger partial charge in [-0.15, -0.1) is 24.0 Å². The molecule has 2 N–H and O–H groups in total. The van der Waals surface area contributed by atoms with Gasteiger partial charge in [-0.2, -0.15) is 5.10 Å². The predicted octanol–water partition coefficient (Wildman–Crippen LogP) is 4.31. The molecular weight excluding hydrogens is 517 g/mol. The van der Waals surface area contributed by atoms with Crippen LogP contribution in [0.4, 0.5) is 5.69 Å². The fourth-order valence-corrected chi connectivity index (χ4v) is 3.40. The van der Waals surface area contributed by atoms with Gasteiger partial charge in [0.05, 0.1) is 26.0 Å². The number of aryl methyl sites for hydroxylation is 2. The fraction of sp³-hybridized carbons (Fsp3) is 0.333. The molecule has 0 fully saturated rings. The van der Waals surface area contributed by atoms with Crippen molar-refractivity contribution in [2.75, 3.05) is 25.1 Å². The average molecular weight is 547 g/mol. The number of guanidine groups is 1. The van der Waals surface area contributed by atoms with Crippen molar-refractivity contribution in [2.24, 2.45) is 12.0 Å². The normalized spacial score (nSPS) is 13.1. The minimum atomic E-state index is 0. The van der Waals surface area contributed by atoms with Crippen LogP contribution in [0.25, 0.3) is 0 Å². The molecule has 0 bridgehead atoms. The lowest BCUT2D eigenvalue weighted by atomic mass is 10.1. The largest absolute Gasteiger partial charge is 0.490 e. The molecule has 1 aromatic heterocycles. The average Bonchev–Trinajstić information content (AvgIpc) is 3.04. The number of aromatic nitrogens is 2. The Hall–Kier alpha value is -2.75. The highest BCUT2D eigenvalue weighted by Gasteiger charge is 2.11. The number of hydrogen-bond donors (Lipinski definition) is 2. The maximum atomic E-state index is 5.82. The summed E-state index contributed by atoms with van der Waals surface area (Å²) in [6.45, 7) is 4.79. The van der Waals surface area contributed by atoms with Gasteiger partial charge in [0, 0.05) is 38.0 Å². The van der Waals surface area contributed by atoms with Gasteiger partial charge in [-0.1, -0.05) is 24.3 Å². The lowest BCUT2D eigenvalue weighted by molar-refractivity contribution is 0.297. The summed E-state index contributed by atoms with van der Waals surface area (Å²) in [4.78, 5) is 4.82. The van der Waals surface area contributed by atoms with Gasteiger partial charge in [0.25, 0.3) is 0 Å². The Kier molecular flexibility index (Phi) is 8.78. The zero-order valence-corrected chi connectivity index (χ0v) is 20.8. The number of rotatable bonds is 6. The molecule has 0 amide bonds. The molecule has 32 heavy (non-hydrogen) atoms. The Morgan fingerprint density at radius 2 is 1.94 bits per heavy atom. The van der Waals surface area contributed by atoms with E-state index in [0.29, 0.717) is 19.8 Å². The highest BCUT2D eigenvalue weighted by atomic mass is 127. The molecule has 4 rings (SSSR count). The van der Waals surface area contributed by atoms with Crippen molar-refractivity contribution in [1.29, 1.82) is 0 Å². The molecule has 3 aromatic rings. The Morgan fingerprint density at radius 3 is 2.72 bits per heavy atom. The van der Waals surface area contributed by atoms with Crippen LogP contribution < -0.4 is 20.1 Å². The van der Waals surface area contributed by atoms with E-state index in [1.165, 1.54) is 16.7 Å². The van der Waals surface area contributed by atoms with Gasteiger partial charge >= 0.3 is 0 Å². The molecule has 7 nitrogen and oxygen atoms in total. The number of halogens is 1. The summed E-state index contributed by atoms with van der Waals surface area (Å²) >= 11 is 0. The number of nitrogens with zero attached hydrogens (tertiary/aromatic N) is 3. The maximum absolute atomic E-state index is 5.82. The first-order chi connectivity index (χ1) is 15.2. The first-order valence-electron chi connectivity index (χ1n) is 10.6. The van der Waals surface area contributed by atoms with Crippen LogP contribution >= 0.6 is 24.0 Å². The van der Waals surface area contributed by atoms with Gasteiger partial charge < -0.3 is 20.1 Å². The first kappa shape index (κ1) is 23.9. The van der Waals surface area contributed by atoms with E-state index in [2.05, 4.69) is 34.8 Å². The number of benzene rings is 2. The molecule has 1 aliphatic heterocycles. The SMILES string of the molecule is Cc1ccccc1CN=C(NCCc1cnn(C)c1)Nc1ccc2c(c1)OCCCO2.I. The molecule has 8 heteroatoms. The minimum absolute atomic E-state index is 0. The molecule has 2 aromatic carbocycles. The Balaban J connectivity index is 0.00000289. The van der Waals surface area contributed by atoms with Gasteiger partial charge in [-0.25, -0.2) is 4.99 Å². The summed E-state index contributed by atoms with van der Waals surface area (Å²) in [5, 5.41) is 11.1. The standard InChI is InChI=1S/C24H29N5O2.HI/c1-18-6-3-4-7-20(18)16-26-24(25-11-10-19-15-27-29(2)17-19)28-21-8-9-22-23(14-21)31-13-5-12-30-22;/h3-4,6-9,14-15,17H,5,10-13,16H2,1-2H3,(H2,25,26,28);1H. The van der Waals surface area contributed by atoms with Crippen LogP contribution in [0.1, 0.15) is 23.1 Å². The molecule has 0 aliphatic carbocycles. The van der Waals surface area contributed by atoms with Crippen LogP contribution in [0.3, 0.4) is 0 Å². The second-order valence-corrected chi connectivity index (χ2v) is 7.63. The van der Waals surface area contributed by atoms with E-state index in [-0.39, 0.29) is 24.0 Å². The number of nitrogens with one attached hydrogen (secondary N) is 2. The summed E-state index contributed by atoms with van der Waals surface area (Å²) < 4.78 is 13.4. The zero-order chi connectivity index (χ0) is 21.5. The third kappa shape index (κ3) is 6.62. The first-order valence-corrected chi connectivity index (χ1v) is 10.6. The van der Waals surface area contributed by atoms with Crippen LogP contribution in [-0.2, 0) is 20.0 Å². The third-order valence-electron chi connectivity index (χ3n) is 5.14. The monoisotopic (exact) mass is 547 g/mol. The van der Waals surface area contributed by atoms with Crippen molar-refractivity contribution in [3.05, 3.63) is 71.5 Å². The Morgan fingerprint density at radius 1 is 1.12 bits per heavy atom. The van der Waals surface area contributed by atoms with Crippen LogP contribution in [0.5, 0.6) is 11.5 Å². The van der Waals surface area contributed by atoms with Gasteiger partial charge in [0.2, 0.25) is 0 Å². The molecule has 0 saturated carbocycles. The molecule has 0 unspecified atom stereocenters. The highest BCUT2D eigenvalue weighted by Crippen LogP contribution is 2.32. The second-order valence-electron chi connectivity index (χ2n) is 7.63. The van der Waals surface area contributed by atoms with E-state index in [9.17, 15) is 0 Å². The number of aliphatic imine (C=N–C) groups is 1. The van der Waals surface area contributed by atoms with E-state index in [4.69, 9.17) is 14.5 Å². The van der Waals surface area contributed by atoms with Crippen molar-refractivity contribution in [3.63, 3.8) is 0 Å². The van der Waals surface area contributed by atoms with Crippen LogP contribution in [-0.4, -0.2) is 35.5 Å². The van der Waals surface area contributed by atoms with Crippen LogP contribution in [0.15, 0.2) is 59.9 Å². The lowest BCUT2D eigenvalue weighted by Crippen LogP contribution is -2.32. The van der Waals surface area contributed by atoms with Gasteiger partial charge in [-0.05, 0) is 42.2 Å². The molecule has 1 aliphatic rings. The van der Waals surface area contributed by atoms with Crippen molar-refractivity contribution in [1.82, 2.24) is 15.1 Å². The predicted molar refractivity (Wildman–Crippen MR) is 138 cm³/mol. The molecular formula is C24H30IN5O2. The highest BCUT2D eigenvalue weighted by molar-refractivity contribution is 14.0. The minimum Gasteiger partial charge on any atom is -0.490 e. The zero-order valence-electron chi connectivity index (χ0n) is 18.5. The second kappa shape index (κ2) is 11.8. The van der Waals surface area contributed by atoms with E-state index in [1.54, 1.807) is 0 Å². The van der Waals surface area contributed by atoms with Crippen molar-refractivity contribution < 1.29 is 9.47 Å². The van der Waals surface area contributed by atoms with Crippen molar-refractivity contribution in [2.45, 2.75) is 26.3 Å². The number of ether oxygens (including phenoxy) is 2. The topological polar surface area (TPSA) is 72.7 Å². The Bertz CT molecular complexity index is 1050. The molecule has 0 atom stereocenters. The van der Waals surface area contributed by atoms with E-state index in [1.807, 2.05) is 54.5 Å². The van der Waals surface area contributed by atoms with E-state index < -0.39 is 0 Å². The number of fused-ring (bicyclic) bond motifs is 1. The van der Waals surface area contributed by atoms with Gasteiger partial charge in [0.1, 0.15) is 0 Å². The molecule has 0 radical (unpaired) electrons. The maximum Gasteiger partial charge on any atom is 0.196 e. The van der Waals surface area contributed by atoms with Crippen LogP contribution in [0, 0.1) is 6.92 Å². The van der Waals surface area contributed by atoms with Gasteiger partial charge in [0.15, 0.2) is 17.5 Å². The lowest BCUT2D eigenvalue weighted by Gasteiger charge is -2.15. The summed E-state index contributed by atoms with van der Waals surface area (Å²) in [5.41, 5.74) is 4.52. The van der Waals surface area contributed by atoms with E-state index in [0.717, 1.165) is 42.5 Å². The van der Waals surface area contributed by atoms with E-state index >= 15 is 0 Å². The summed E-state index contributed by atoms with van der Waals surface area (Å²) in [5.74, 6) is 2.27. The molecule has 170 valence electrons. The van der Waals surface area contributed by atoms with Gasteiger partial charge in [-0.3, -0.25) is 4.68 Å². The molecule has 0 saturated heterocycles. The van der Waals surface area contributed by atoms with Crippen molar-refractivity contribution >= 4 is 35.6 Å². The number of hydrogen-bond acceptors (Lipinski definition) is 4. The summed E-state index contributed by atoms with van der Waals surface area (Å²) in [6, 6.07) is 14.2. The molecule has 2 heterocycles. The van der Waals surface area contributed by atoms with Crippen molar-refractivity contribution in [3.8, 4) is 11.5 Å². The quantitative estimate of drug-likeness (QED) is 0.274. The third-order valence-corrected chi connectivity index (χ3v) is 5.14. The smallest absolute Gasteiger partial charge is 0.196 e.